The first-order valence-electron chi connectivity index (χ1n) is 8.07. The molecule has 0 radical (unpaired) electrons. The predicted molar refractivity (Wildman–Crippen MR) is 92.0 cm³/mol. The normalized spacial score (nSPS) is 18.1. The van der Waals surface area contributed by atoms with E-state index in [9.17, 15) is 23.2 Å². The van der Waals surface area contributed by atoms with Gasteiger partial charge in [-0.2, -0.15) is 13.2 Å². The van der Waals surface area contributed by atoms with Crippen LogP contribution >= 0.6 is 11.6 Å². The lowest BCUT2D eigenvalue weighted by Crippen LogP contribution is -2.56. The Hall–Kier alpha value is -2.49. The lowest BCUT2D eigenvalue weighted by atomic mass is 9.85. The van der Waals surface area contributed by atoms with Gasteiger partial charge in [-0.25, -0.2) is 4.79 Å². The molecule has 1 aromatic carbocycles. The number of carbonyl (C=O) groups is 1. The van der Waals surface area contributed by atoms with Gasteiger partial charge in [-0.15, -0.1) is 0 Å². The van der Waals surface area contributed by atoms with Crippen LogP contribution in [-0.4, -0.2) is 24.5 Å². The molecule has 11 heteroatoms. The third-order valence-electron chi connectivity index (χ3n) is 3.79. The second kappa shape index (κ2) is 7.86. The van der Waals surface area contributed by atoms with Gasteiger partial charge in [-0.1, -0.05) is 37.6 Å². The summed E-state index contributed by atoms with van der Waals surface area (Å²) >= 11 is 6.25. The minimum atomic E-state index is -4.88. The molecular formula is C17H18ClF3N2O5. The van der Waals surface area contributed by atoms with E-state index in [0.717, 1.165) is 11.4 Å². The van der Waals surface area contributed by atoms with Crippen molar-refractivity contribution in [3.63, 3.8) is 0 Å². The number of nitrogens with zero attached hydrogens (tertiary/aromatic N) is 1. The lowest BCUT2D eigenvalue weighted by Gasteiger charge is -2.30. The highest BCUT2D eigenvalue weighted by molar-refractivity contribution is 6.31. The molecule has 1 aromatic rings. The van der Waals surface area contributed by atoms with Crippen molar-refractivity contribution in [1.82, 2.24) is 0 Å². The average Bonchev–Trinajstić information content (AvgIpc) is 2.56. The van der Waals surface area contributed by atoms with Gasteiger partial charge in [0, 0.05) is 17.5 Å². The summed E-state index contributed by atoms with van der Waals surface area (Å²) in [4.78, 5) is 16.6. The van der Waals surface area contributed by atoms with Gasteiger partial charge in [-0.05, 0) is 29.2 Å². The minimum absolute atomic E-state index is 0.0527. The van der Waals surface area contributed by atoms with Gasteiger partial charge in [-0.3, -0.25) is 0 Å². The molecule has 1 aliphatic rings. The van der Waals surface area contributed by atoms with Crippen molar-refractivity contribution in [2.45, 2.75) is 51.7 Å². The Labute approximate surface area is 163 Å². The first-order chi connectivity index (χ1) is 12.8. The summed E-state index contributed by atoms with van der Waals surface area (Å²) in [5.41, 5.74) is -0.421. The maximum atomic E-state index is 13.5. The molecule has 0 aromatic heterocycles. The van der Waals surface area contributed by atoms with E-state index in [2.05, 4.69) is 10.1 Å². The zero-order valence-corrected chi connectivity index (χ0v) is 16.1. The topological polar surface area (TPSA) is 94.2 Å². The fourth-order valence-electron chi connectivity index (χ4n) is 2.54. The summed E-state index contributed by atoms with van der Waals surface area (Å²) in [6.45, 7) is 6.73. The van der Waals surface area contributed by atoms with Crippen molar-refractivity contribution in [1.29, 1.82) is 0 Å². The van der Waals surface area contributed by atoms with Gasteiger partial charge in [0.1, 0.15) is 5.75 Å². The second-order valence-corrected chi connectivity index (χ2v) is 7.43. The van der Waals surface area contributed by atoms with E-state index in [4.69, 9.17) is 21.1 Å². The first kappa shape index (κ1) is 21.8. The van der Waals surface area contributed by atoms with Gasteiger partial charge in [0.2, 0.25) is 11.4 Å². The Morgan fingerprint density at radius 2 is 2.00 bits per heavy atom. The van der Waals surface area contributed by atoms with E-state index < -0.39 is 35.5 Å². The summed E-state index contributed by atoms with van der Waals surface area (Å²) in [6.07, 6.45) is -7.82. The fraction of sp³-hybridized carbons (Fsp3) is 0.471. The minimum Gasteiger partial charge on any atom is -0.599 e. The third kappa shape index (κ3) is 4.86. The second-order valence-electron chi connectivity index (χ2n) is 7.02. The highest BCUT2D eigenvalue weighted by Crippen LogP contribution is 2.42. The van der Waals surface area contributed by atoms with E-state index >= 15 is 0 Å². The van der Waals surface area contributed by atoms with Crippen LogP contribution in [0.4, 0.5) is 13.2 Å². The number of esters is 1. The smallest absolute Gasteiger partial charge is 0.430 e. The van der Waals surface area contributed by atoms with E-state index in [0.29, 0.717) is 10.6 Å². The van der Waals surface area contributed by atoms with Crippen molar-refractivity contribution < 1.29 is 37.6 Å². The lowest BCUT2D eigenvalue weighted by molar-refractivity contribution is -0.503. The monoisotopic (exact) mass is 422 g/mol. The van der Waals surface area contributed by atoms with Crippen molar-refractivity contribution in [3.8, 4) is 5.75 Å². The van der Waals surface area contributed by atoms with Crippen molar-refractivity contribution in [2.75, 3.05) is 0 Å². The Balaban J connectivity index is 2.46. The average molecular weight is 423 g/mol. The maximum absolute atomic E-state index is 13.5. The number of rotatable bonds is 4. The van der Waals surface area contributed by atoms with Gasteiger partial charge in [0.15, 0.2) is 0 Å². The van der Waals surface area contributed by atoms with Crippen LogP contribution in [0.25, 0.3) is 6.08 Å². The number of alkyl halides is 3. The number of carbonyl (C=O) groups excluding carboxylic acids is 1. The molecule has 2 atom stereocenters. The van der Waals surface area contributed by atoms with Crippen LogP contribution in [0.5, 0.6) is 5.75 Å². The summed E-state index contributed by atoms with van der Waals surface area (Å²) in [5.74, 6) is -1.39. The van der Waals surface area contributed by atoms with Crippen LogP contribution in [0, 0.1) is 5.21 Å². The number of hydrogen-bond donors (Lipinski definition) is 1. The molecule has 0 saturated carbocycles. The number of halogens is 4. The van der Waals surface area contributed by atoms with Crippen molar-refractivity contribution in [2.24, 2.45) is 5.28 Å². The molecule has 7 nitrogen and oxygen atoms in total. The maximum Gasteiger partial charge on any atom is 0.430 e. The summed E-state index contributed by atoms with van der Waals surface area (Å²) < 4.78 is 50.3. The van der Waals surface area contributed by atoms with Gasteiger partial charge in [0.25, 0.3) is 6.29 Å². The Morgan fingerprint density at radius 3 is 2.54 bits per heavy atom. The Bertz CT molecular complexity index is 818. The molecule has 2 rings (SSSR count). The van der Waals surface area contributed by atoms with Crippen LogP contribution in [-0.2, 0) is 19.8 Å². The van der Waals surface area contributed by atoms with E-state index in [-0.39, 0.29) is 11.3 Å². The standard InChI is InChI=1S/C17H18ClF3N2O5/c1-8(28-23-22-25)26-15(24)10-5-9-6-12(18)11(16(2,3)4)7-13(9)27-14(10)17(19,20)21/h5-8,14,22H,1-4H3/t8?,14-/m0/s1. The molecule has 154 valence electrons. The zero-order valence-electron chi connectivity index (χ0n) is 15.4. The van der Waals surface area contributed by atoms with E-state index in [1.807, 2.05) is 20.8 Å². The van der Waals surface area contributed by atoms with Gasteiger partial charge in [0.05, 0.1) is 5.57 Å². The summed E-state index contributed by atoms with van der Waals surface area (Å²) in [5, 5.41) is 14.1. The van der Waals surface area contributed by atoms with Crippen LogP contribution in [0.1, 0.15) is 38.8 Å². The highest BCUT2D eigenvalue weighted by atomic mass is 35.5. The molecule has 1 heterocycles. The number of ether oxygens (including phenoxy) is 2. The quantitative estimate of drug-likeness (QED) is 0.348. The highest BCUT2D eigenvalue weighted by Gasteiger charge is 2.49. The summed E-state index contributed by atoms with van der Waals surface area (Å²) in [6, 6.07) is 2.85. The van der Waals surface area contributed by atoms with Gasteiger partial charge >= 0.3 is 12.1 Å². The van der Waals surface area contributed by atoms with Crippen LogP contribution in [0.3, 0.4) is 0 Å². The number of benzene rings is 1. The predicted octanol–water partition coefficient (Wildman–Crippen LogP) is 3.20. The Morgan fingerprint density at radius 1 is 1.36 bits per heavy atom. The molecular weight excluding hydrogens is 405 g/mol. The summed E-state index contributed by atoms with van der Waals surface area (Å²) in [7, 11) is 0. The van der Waals surface area contributed by atoms with Crippen LogP contribution in [0.15, 0.2) is 23.0 Å². The molecule has 0 amide bonds. The van der Waals surface area contributed by atoms with Crippen molar-refractivity contribution in [3.05, 3.63) is 39.1 Å². The molecule has 0 fully saturated rings. The zero-order chi connectivity index (χ0) is 21.3. The molecule has 1 unspecified atom stereocenters. The number of fused-ring (bicyclic) bond motifs is 1. The van der Waals surface area contributed by atoms with Crippen LogP contribution in [0.2, 0.25) is 5.02 Å². The largest absolute Gasteiger partial charge is 0.599 e. The molecule has 0 saturated heterocycles. The molecule has 0 bridgehead atoms. The Kier molecular flexibility index (Phi) is 6.12. The van der Waals surface area contributed by atoms with Gasteiger partial charge < -0.3 is 19.5 Å². The van der Waals surface area contributed by atoms with Crippen molar-refractivity contribution >= 4 is 23.6 Å². The van der Waals surface area contributed by atoms with E-state index in [1.165, 1.54) is 19.1 Å². The fourth-order valence-corrected chi connectivity index (χ4v) is 2.99. The number of nitrogens with one attached hydrogen (secondary N) is 1. The van der Waals surface area contributed by atoms with Crippen LogP contribution < -0.4 is 10.0 Å². The third-order valence-corrected chi connectivity index (χ3v) is 4.10. The molecule has 0 aliphatic carbocycles. The molecule has 0 spiro atoms. The first-order valence-corrected chi connectivity index (χ1v) is 8.45. The van der Waals surface area contributed by atoms with E-state index in [1.54, 1.807) is 0 Å². The SMILES string of the molecule is CC(O/N=[NH+]\[O-])OC(=O)C1=Cc2cc(Cl)c(C(C)(C)C)cc2O[C@@H]1C(F)(F)F. The molecule has 1 N–H and O–H groups in total. The molecule has 1 aliphatic heterocycles. The number of hydrogen-bond acceptors (Lipinski definition) is 6. The molecule has 28 heavy (non-hydrogen) atoms.